The summed E-state index contributed by atoms with van der Waals surface area (Å²) in [7, 11) is 0. The fourth-order valence-electron chi connectivity index (χ4n) is 3.75. The Morgan fingerprint density at radius 2 is 1.18 bits per heavy atom. The Kier molecular flexibility index (Phi) is 7.35. The van der Waals surface area contributed by atoms with E-state index in [2.05, 4.69) is 35.8 Å². The average molecular weight is 310 g/mol. The van der Waals surface area contributed by atoms with Crippen molar-refractivity contribution in [3.63, 3.8) is 0 Å². The van der Waals surface area contributed by atoms with E-state index in [1.54, 1.807) is 0 Å². The molecule has 22 heavy (non-hydrogen) atoms. The van der Waals surface area contributed by atoms with E-state index in [0.29, 0.717) is 37.1 Å². The summed E-state index contributed by atoms with van der Waals surface area (Å²) < 4.78 is 0. The highest BCUT2D eigenvalue weighted by molar-refractivity contribution is 4.92. The zero-order valence-electron chi connectivity index (χ0n) is 14.3. The van der Waals surface area contributed by atoms with E-state index >= 15 is 0 Å². The van der Waals surface area contributed by atoms with Gasteiger partial charge >= 0.3 is 0 Å². The molecule has 0 spiro atoms. The molecule has 2 saturated heterocycles. The maximum atomic E-state index is 9.34. The molecule has 4 nitrogen and oxygen atoms in total. The van der Waals surface area contributed by atoms with Gasteiger partial charge in [-0.2, -0.15) is 0 Å². The number of aliphatic hydroxyl groups excluding tert-OH is 2. The summed E-state index contributed by atoms with van der Waals surface area (Å²) >= 11 is 0. The molecule has 0 aromatic rings. The van der Waals surface area contributed by atoms with Crippen molar-refractivity contribution in [2.75, 3.05) is 39.4 Å². The molecule has 2 heterocycles. The zero-order chi connectivity index (χ0) is 15.9. The molecule has 2 fully saturated rings. The van der Waals surface area contributed by atoms with Crippen molar-refractivity contribution in [3.05, 3.63) is 12.2 Å². The second kappa shape index (κ2) is 9.02. The number of likely N-dealkylation sites (tertiary alicyclic amines) is 2. The van der Waals surface area contributed by atoms with Crippen molar-refractivity contribution in [2.24, 2.45) is 11.8 Å². The molecule has 2 aliphatic rings. The molecule has 2 aliphatic heterocycles. The van der Waals surface area contributed by atoms with Crippen LogP contribution in [0.25, 0.3) is 0 Å². The van der Waals surface area contributed by atoms with E-state index in [-0.39, 0.29) is 0 Å². The molecule has 2 N–H and O–H groups in total. The Morgan fingerprint density at radius 1 is 0.773 bits per heavy atom. The predicted octanol–water partition coefficient (Wildman–Crippen LogP) is 1.73. The summed E-state index contributed by atoms with van der Waals surface area (Å²) in [4.78, 5) is 4.97. The van der Waals surface area contributed by atoms with Crippen LogP contribution in [-0.4, -0.2) is 71.5 Å². The largest absolute Gasteiger partial charge is 0.396 e. The van der Waals surface area contributed by atoms with Crippen LogP contribution in [0.15, 0.2) is 12.2 Å². The van der Waals surface area contributed by atoms with Crippen LogP contribution in [0.5, 0.6) is 0 Å². The van der Waals surface area contributed by atoms with Crippen LogP contribution in [0.2, 0.25) is 0 Å². The lowest BCUT2D eigenvalue weighted by molar-refractivity contribution is 0.0895. The van der Waals surface area contributed by atoms with Gasteiger partial charge in [-0.1, -0.05) is 12.2 Å². The summed E-state index contributed by atoms with van der Waals surface area (Å²) in [5.74, 6) is 0.911. The van der Waals surface area contributed by atoms with E-state index < -0.39 is 0 Å². The SMILES string of the molecule is C[C@@H]1CC[C@@H](CO)CN1C/C=C/CN1C[C@@H](CO)CC[C@@H]1C. The molecule has 4 atom stereocenters. The second-order valence-electron chi connectivity index (χ2n) is 7.33. The minimum Gasteiger partial charge on any atom is -0.396 e. The van der Waals surface area contributed by atoms with Crippen LogP contribution < -0.4 is 0 Å². The van der Waals surface area contributed by atoms with Crippen molar-refractivity contribution < 1.29 is 10.2 Å². The molecule has 0 unspecified atom stereocenters. The van der Waals surface area contributed by atoms with Gasteiger partial charge in [0, 0.05) is 51.5 Å². The number of hydrogen-bond donors (Lipinski definition) is 2. The summed E-state index contributed by atoms with van der Waals surface area (Å²) in [5, 5.41) is 18.7. The highest BCUT2D eigenvalue weighted by Gasteiger charge is 2.25. The summed E-state index contributed by atoms with van der Waals surface area (Å²) in [5.41, 5.74) is 0. The molecule has 0 radical (unpaired) electrons. The van der Waals surface area contributed by atoms with Gasteiger partial charge in [0.15, 0.2) is 0 Å². The lowest BCUT2D eigenvalue weighted by Crippen LogP contribution is -2.43. The maximum Gasteiger partial charge on any atom is 0.0471 e. The first-order valence-corrected chi connectivity index (χ1v) is 8.98. The molecule has 0 aromatic carbocycles. The normalized spacial score (nSPS) is 35.3. The quantitative estimate of drug-likeness (QED) is 0.734. The molecular formula is C18H34N2O2. The van der Waals surface area contributed by atoms with E-state index in [9.17, 15) is 10.2 Å². The van der Waals surface area contributed by atoms with Gasteiger partial charge in [-0.15, -0.1) is 0 Å². The van der Waals surface area contributed by atoms with E-state index in [4.69, 9.17) is 0 Å². The van der Waals surface area contributed by atoms with Crippen molar-refractivity contribution in [3.8, 4) is 0 Å². The minimum absolute atomic E-state index is 0.320. The fourth-order valence-corrected chi connectivity index (χ4v) is 3.75. The lowest BCUT2D eigenvalue weighted by Gasteiger charge is -2.37. The fraction of sp³-hybridized carbons (Fsp3) is 0.889. The van der Waals surface area contributed by atoms with Gasteiger partial charge in [0.1, 0.15) is 0 Å². The number of aliphatic hydroxyl groups is 2. The minimum atomic E-state index is 0.320. The van der Waals surface area contributed by atoms with Gasteiger partial charge < -0.3 is 10.2 Å². The van der Waals surface area contributed by atoms with Crippen molar-refractivity contribution in [1.29, 1.82) is 0 Å². The van der Waals surface area contributed by atoms with Crippen LogP contribution in [0.4, 0.5) is 0 Å². The first-order chi connectivity index (χ1) is 10.6. The van der Waals surface area contributed by atoms with Crippen LogP contribution in [-0.2, 0) is 0 Å². The third-order valence-electron chi connectivity index (χ3n) is 5.58. The maximum absolute atomic E-state index is 9.34. The van der Waals surface area contributed by atoms with Gasteiger partial charge in [-0.25, -0.2) is 0 Å². The van der Waals surface area contributed by atoms with Gasteiger partial charge in [0.25, 0.3) is 0 Å². The Labute approximate surface area is 135 Å². The Balaban J connectivity index is 1.74. The zero-order valence-corrected chi connectivity index (χ0v) is 14.3. The highest BCUT2D eigenvalue weighted by Crippen LogP contribution is 2.22. The molecular weight excluding hydrogens is 276 g/mol. The molecule has 0 saturated carbocycles. The Bertz CT molecular complexity index is 316. The van der Waals surface area contributed by atoms with E-state index in [1.165, 1.54) is 12.8 Å². The average Bonchev–Trinajstić information content (AvgIpc) is 2.54. The lowest BCUT2D eigenvalue weighted by atomic mass is 9.94. The standard InChI is InChI=1S/C18H34N2O2/c1-15-5-7-17(13-21)11-19(15)9-3-4-10-20-12-18(14-22)8-6-16(20)2/h3-4,15-18,21-22H,5-14H2,1-2H3/b4-3+/t15-,16+,17-,18+. The number of piperidine rings is 2. The van der Waals surface area contributed by atoms with Gasteiger partial charge in [-0.05, 0) is 51.4 Å². The number of rotatable bonds is 6. The van der Waals surface area contributed by atoms with Crippen molar-refractivity contribution in [1.82, 2.24) is 9.80 Å². The Morgan fingerprint density at radius 3 is 1.55 bits per heavy atom. The van der Waals surface area contributed by atoms with Crippen LogP contribution >= 0.6 is 0 Å². The molecule has 4 heteroatoms. The molecule has 0 aliphatic carbocycles. The first kappa shape index (κ1) is 17.9. The highest BCUT2D eigenvalue weighted by atomic mass is 16.3. The molecule has 128 valence electrons. The number of hydrogen-bond acceptors (Lipinski definition) is 4. The van der Waals surface area contributed by atoms with Crippen LogP contribution in [0.1, 0.15) is 39.5 Å². The summed E-state index contributed by atoms with van der Waals surface area (Å²) in [6.45, 7) is 9.25. The molecule has 0 bridgehead atoms. The summed E-state index contributed by atoms with van der Waals surface area (Å²) in [6, 6.07) is 1.25. The van der Waals surface area contributed by atoms with Crippen molar-refractivity contribution >= 4 is 0 Å². The topological polar surface area (TPSA) is 46.9 Å². The third-order valence-corrected chi connectivity index (χ3v) is 5.58. The van der Waals surface area contributed by atoms with Gasteiger partial charge in [0.05, 0.1) is 0 Å². The summed E-state index contributed by atoms with van der Waals surface area (Å²) in [6.07, 6.45) is 9.27. The smallest absolute Gasteiger partial charge is 0.0471 e. The monoisotopic (exact) mass is 310 g/mol. The number of nitrogens with zero attached hydrogens (tertiary/aromatic N) is 2. The third kappa shape index (κ3) is 5.05. The molecule has 0 aromatic heterocycles. The Hall–Kier alpha value is -0.420. The second-order valence-corrected chi connectivity index (χ2v) is 7.33. The molecule has 0 amide bonds. The van der Waals surface area contributed by atoms with E-state index in [0.717, 1.165) is 39.0 Å². The van der Waals surface area contributed by atoms with E-state index in [1.807, 2.05) is 0 Å². The van der Waals surface area contributed by atoms with Gasteiger partial charge in [-0.3, -0.25) is 9.80 Å². The molecule has 2 rings (SSSR count). The first-order valence-electron chi connectivity index (χ1n) is 8.98. The predicted molar refractivity (Wildman–Crippen MR) is 90.8 cm³/mol. The van der Waals surface area contributed by atoms with Crippen molar-refractivity contribution in [2.45, 2.75) is 51.6 Å². The van der Waals surface area contributed by atoms with Gasteiger partial charge in [0.2, 0.25) is 0 Å². The van der Waals surface area contributed by atoms with Crippen LogP contribution in [0.3, 0.4) is 0 Å². The van der Waals surface area contributed by atoms with Crippen LogP contribution in [0, 0.1) is 11.8 Å².